The number of hydrogen-bond donors (Lipinski definition) is 1. The molecular weight excluding hydrogens is 250 g/mol. The van der Waals surface area contributed by atoms with Crippen LogP contribution in [0.5, 0.6) is 0 Å². The minimum atomic E-state index is -0.813. The molecule has 1 heterocycles. The number of aliphatic carboxylic acids is 1. The summed E-state index contributed by atoms with van der Waals surface area (Å²) in [4.78, 5) is 15.6. The summed E-state index contributed by atoms with van der Waals surface area (Å²) in [7, 11) is 0. The molecule has 2 aromatic rings. The Hall–Kier alpha value is -1.61. The number of benzene rings is 1. The number of hydrogen-bond acceptors (Lipinski definition) is 2. The maximum absolute atomic E-state index is 11.4. The number of rotatable bonds is 3. The average molecular weight is 264 g/mol. The summed E-state index contributed by atoms with van der Waals surface area (Å²) in [6.07, 6.45) is 1.63. The molecule has 3 nitrogen and oxygen atoms in total. The van der Waals surface area contributed by atoms with Gasteiger partial charge in [0.05, 0.1) is 11.4 Å². The molecule has 0 fully saturated rings. The van der Waals surface area contributed by atoms with Crippen LogP contribution in [0.4, 0.5) is 0 Å². The van der Waals surface area contributed by atoms with Crippen LogP contribution in [0, 0.1) is 5.92 Å². The van der Waals surface area contributed by atoms with E-state index in [0.717, 1.165) is 16.5 Å². The number of carboxylic acids is 1. The van der Waals surface area contributed by atoms with Gasteiger partial charge in [0, 0.05) is 16.6 Å². The zero-order valence-electron chi connectivity index (χ0n) is 10.2. The average Bonchev–Trinajstić information content (AvgIpc) is 2.27. The summed E-state index contributed by atoms with van der Waals surface area (Å²) >= 11 is 5.92. The van der Waals surface area contributed by atoms with Crippen molar-refractivity contribution in [2.24, 2.45) is 5.92 Å². The Bertz CT molecular complexity index is 595. The van der Waals surface area contributed by atoms with Gasteiger partial charge < -0.3 is 5.11 Å². The van der Waals surface area contributed by atoms with E-state index in [-0.39, 0.29) is 5.92 Å². The summed E-state index contributed by atoms with van der Waals surface area (Å²) < 4.78 is 0. The SMILES string of the molecule is CC(C)C(C(=O)O)c1ccnc2cc(Cl)ccc12. The van der Waals surface area contributed by atoms with Gasteiger partial charge in [-0.05, 0) is 29.7 Å². The standard InChI is InChI=1S/C14H14ClNO2/c1-8(2)13(14(17)18)11-5-6-16-12-7-9(15)3-4-10(11)12/h3-8,13H,1-2H3,(H,17,18). The fourth-order valence-corrected chi connectivity index (χ4v) is 2.36. The first-order valence-corrected chi connectivity index (χ1v) is 6.15. The Balaban J connectivity index is 2.66. The molecule has 0 spiro atoms. The van der Waals surface area contributed by atoms with Crippen LogP contribution in [0.3, 0.4) is 0 Å². The first-order valence-electron chi connectivity index (χ1n) is 5.77. The monoisotopic (exact) mass is 263 g/mol. The number of carboxylic acid groups (broad SMARTS) is 1. The zero-order valence-corrected chi connectivity index (χ0v) is 11.0. The van der Waals surface area contributed by atoms with Gasteiger partial charge in [-0.15, -0.1) is 0 Å². The number of nitrogens with zero attached hydrogens (tertiary/aromatic N) is 1. The number of fused-ring (bicyclic) bond motifs is 1. The van der Waals surface area contributed by atoms with Crippen LogP contribution in [0.2, 0.25) is 5.02 Å². The molecule has 0 saturated heterocycles. The molecule has 1 atom stereocenters. The normalized spacial score (nSPS) is 12.9. The van der Waals surface area contributed by atoms with Crippen molar-refractivity contribution >= 4 is 28.5 Å². The second-order valence-corrected chi connectivity index (χ2v) is 5.06. The zero-order chi connectivity index (χ0) is 13.3. The Kier molecular flexibility index (Phi) is 3.53. The van der Waals surface area contributed by atoms with E-state index >= 15 is 0 Å². The van der Waals surface area contributed by atoms with E-state index in [1.165, 1.54) is 0 Å². The van der Waals surface area contributed by atoms with Gasteiger partial charge in [0.15, 0.2) is 0 Å². The highest BCUT2D eigenvalue weighted by molar-refractivity contribution is 6.31. The summed E-state index contributed by atoms with van der Waals surface area (Å²) in [5.41, 5.74) is 1.52. The predicted octanol–water partition coefficient (Wildman–Crippen LogP) is 3.71. The topological polar surface area (TPSA) is 50.2 Å². The third kappa shape index (κ3) is 2.31. The fourth-order valence-electron chi connectivity index (χ4n) is 2.19. The number of aromatic nitrogens is 1. The molecule has 94 valence electrons. The van der Waals surface area contributed by atoms with E-state index in [0.29, 0.717) is 5.02 Å². The quantitative estimate of drug-likeness (QED) is 0.918. The fraction of sp³-hybridized carbons (Fsp3) is 0.286. The molecule has 0 bridgehead atoms. The van der Waals surface area contributed by atoms with Crippen LogP contribution in [-0.2, 0) is 4.79 Å². The molecular formula is C14H14ClNO2. The highest BCUT2D eigenvalue weighted by atomic mass is 35.5. The first kappa shape index (κ1) is 12.8. The lowest BCUT2D eigenvalue weighted by Gasteiger charge is -2.18. The van der Waals surface area contributed by atoms with Crippen LogP contribution >= 0.6 is 11.6 Å². The lowest BCUT2D eigenvalue weighted by atomic mass is 9.87. The lowest BCUT2D eigenvalue weighted by molar-refractivity contribution is -0.139. The number of pyridine rings is 1. The third-order valence-electron chi connectivity index (χ3n) is 3.01. The Morgan fingerprint density at radius 2 is 2.06 bits per heavy atom. The van der Waals surface area contributed by atoms with Crippen molar-refractivity contribution in [3.63, 3.8) is 0 Å². The molecule has 2 rings (SSSR count). The molecule has 0 radical (unpaired) electrons. The van der Waals surface area contributed by atoms with Gasteiger partial charge >= 0.3 is 5.97 Å². The Morgan fingerprint density at radius 3 is 2.67 bits per heavy atom. The molecule has 1 aromatic carbocycles. The third-order valence-corrected chi connectivity index (χ3v) is 3.24. The van der Waals surface area contributed by atoms with E-state index in [4.69, 9.17) is 11.6 Å². The summed E-state index contributed by atoms with van der Waals surface area (Å²) in [5.74, 6) is -1.33. The second-order valence-electron chi connectivity index (χ2n) is 4.62. The largest absolute Gasteiger partial charge is 0.481 e. The van der Waals surface area contributed by atoms with Crippen molar-refractivity contribution in [1.29, 1.82) is 0 Å². The van der Waals surface area contributed by atoms with E-state index < -0.39 is 11.9 Å². The second kappa shape index (κ2) is 4.94. The minimum Gasteiger partial charge on any atom is -0.481 e. The van der Waals surface area contributed by atoms with Gasteiger partial charge in [-0.3, -0.25) is 9.78 Å². The molecule has 0 saturated carbocycles. The maximum Gasteiger partial charge on any atom is 0.311 e. The molecule has 0 amide bonds. The molecule has 1 unspecified atom stereocenters. The van der Waals surface area contributed by atoms with Gasteiger partial charge in [0.2, 0.25) is 0 Å². The van der Waals surface area contributed by atoms with Crippen LogP contribution < -0.4 is 0 Å². The first-order chi connectivity index (χ1) is 8.50. The van der Waals surface area contributed by atoms with Gasteiger partial charge in [0.25, 0.3) is 0 Å². The molecule has 0 aliphatic rings. The summed E-state index contributed by atoms with van der Waals surface area (Å²) in [6, 6.07) is 7.11. The Morgan fingerprint density at radius 1 is 1.33 bits per heavy atom. The lowest BCUT2D eigenvalue weighted by Crippen LogP contribution is -2.17. The predicted molar refractivity (Wildman–Crippen MR) is 72.0 cm³/mol. The number of halogens is 1. The minimum absolute atomic E-state index is 0.0174. The van der Waals surface area contributed by atoms with Gasteiger partial charge in [-0.25, -0.2) is 0 Å². The molecule has 0 aliphatic carbocycles. The smallest absolute Gasteiger partial charge is 0.311 e. The van der Waals surface area contributed by atoms with E-state index in [1.807, 2.05) is 19.9 Å². The molecule has 18 heavy (non-hydrogen) atoms. The van der Waals surface area contributed by atoms with Crippen molar-refractivity contribution in [2.45, 2.75) is 19.8 Å². The van der Waals surface area contributed by atoms with Gasteiger partial charge in [0.1, 0.15) is 0 Å². The highest BCUT2D eigenvalue weighted by Crippen LogP contribution is 2.31. The van der Waals surface area contributed by atoms with Crippen molar-refractivity contribution in [3.05, 3.63) is 41.0 Å². The van der Waals surface area contributed by atoms with E-state index in [2.05, 4.69) is 4.98 Å². The molecule has 1 aromatic heterocycles. The molecule has 1 N–H and O–H groups in total. The highest BCUT2D eigenvalue weighted by Gasteiger charge is 2.25. The van der Waals surface area contributed by atoms with Crippen LogP contribution in [0.15, 0.2) is 30.5 Å². The van der Waals surface area contributed by atoms with Crippen molar-refractivity contribution in [1.82, 2.24) is 4.98 Å². The molecule has 4 heteroatoms. The van der Waals surface area contributed by atoms with E-state index in [9.17, 15) is 9.90 Å². The Labute approximate surface area is 110 Å². The van der Waals surface area contributed by atoms with Crippen molar-refractivity contribution in [2.75, 3.05) is 0 Å². The summed E-state index contributed by atoms with van der Waals surface area (Å²) in [5, 5.41) is 10.8. The van der Waals surface area contributed by atoms with Gasteiger partial charge in [-0.1, -0.05) is 31.5 Å². The van der Waals surface area contributed by atoms with Gasteiger partial charge in [-0.2, -0.15) is 0 Å². The van der Waals surface area contributed by atoms with E-state index in [1.54, 1.807) is 24.4 Å². The van der Waals surface area contributed by atoms with Crippen LogP contribution in [0.25, 0.3) is 10.9 Å². The van der Waals surface area contributed by atoms with Crippen LogP contribution in [0.1, 0.15) is 25.3 Å². The van der Waals surface area contributed by atoms with Crippen LogP contribution in [-0.4, -0.2) is 16.1 Å². The van der Waals surface area contributed by atoms with Crippen molar-refractivity contribution < 1.29 is 9.90 Å². The summed E-state index contributed by atoms with van der Waals surface area (Å²) in [6.45, 7) is 3.81. The maximum atomic E-state index is 11.4. The van der Waals surface area contributed by atoms with Crippen molar-refractivity contribution in [3.8, 4) is 0 Å². The number of carbonyl (C=O) groups is 1. The molecule has 0 aliphatic heterocycles.